The average Bonchev–Trinajstić information content (AvgIpc) is 3.10. The molecule has 0 bridgehead atoms. The summed E-state index contributed by atoms with van der Waals surface area (Å²) in [5, 5.41) is 12.1. The molecule has 132 valence electrons. The predicted octanol–water partition coefficient (Wildman–Crippen LogP) is 3.65. The van der Waals surface area contributed by atoms with E-state index in [1.165, 1.54) is 28.9 Å². The van der Waals surface area contributed by atoms with Crippen LogP contribution in [0.1, 0.15) is 15.9 Å². The second kappa shape index (κ2) is 6.59. The van der Waals surface area contributed by atoms with Gasteiger partial charge in [-0.15, -0.1) is 11.3 Å². The molecule has 2 aromatic carbocycles. The van der Waals surface area contributed by atoms with Crippen molar-refractivity contribution in [1.29, 1.82) is 5.26 Å². The summed E-state index contributed by atoms with van der Waals surface area (Å²) >= 11 is 1.36. The van der Waals surface area contributed by atoms with E-state index >= 15 is 0 Å². The van der Waals surface area contributed by atoms with Crippen LogP contribution in [0.2, 0.25) is 0 Å². The van der Waals surface area contributed by atoms with Gasteiger partial charge in [-0.05, 0) is 30.3 Å². The maximum absolute atomic E-state index is 13.0. The quantitative estimate of drug-likeness (QED) is 0.592. The van der Waals surface area contributed by atoms with E-state index in [0.717, 1.165) is 4.70 Å². The molecule has 0 atom stereocenters. The number of methoxy groups -OCH3 is 1. The highest BCUT2D eigenvalue weighted by molar-refractivity contribution is 7.24. The molecule has 4 aromatic rings. The number of hydrogen-bond acceptors (Lipinski definition) is 5. The zero-order valence-corrected chi connectivity index (χ0v) is 15.0. The first-order valence-corrected chi connectivity index (χ1v) is 8.87. The normalized spacial score (nSPS) is 10.7. The Bertz CT molecular complexity index is 1300. The number of para-hydroxylation sites is 2. The summed E-state index contributed by atoms with van der Waals surface area (Å²) in [6, 6.07) is 17.7. The molecule has 1 N–H and O–H groups in total. The molecule has 0 unspecified atom stereocenters. The van der Waals surface area contributed by atoms with Gasteiger partial charge in [-0.25, -0.2) is 0 Å². The van der Waals surface area contributed by atoms with Gasteiger partial charge in [0.2, 0.25) is 0 Å². The highest BCUT2D eigenvalue weighted by atomic mass is 32.1. The minimum Gasteiger partial charge on any atom is -0.496 e. The molecule has 0 aliphatic carbocycles. The number of thiazole rings is 1. The predicted molar refractivity (Wildman–Crippen MR) is 105 cm³/mol. The van der Waals surface area contributed by atoms with Gasteiger partial charge in [0, 0.05) is 0 Å². The van der Waals surface area contributed by atoms with Crippen LogP contribution in [-0.2, 0) is 0 Å². The molecule has 0 aliphatic rings. The highest BCUT2D eigenvalue weighted by Gasteiger charge is 2.18. The van der Waals surface area contributed by atoms with Gasteiger partial charge >= 0.3 is 0 Å². The number of carbonyl (C=O) groups excluding carboxylic acids is 1. The summed E-state index contributed by atoms with van der Waals surface area (Å²) < 4.78 is 7.56. The molecule has 2 aromatic heterocycles. The Morgan fingerprint density at radius 3 is 2.70 bits per heavy atom. The van der Waals surface area contributed by atoms with Crippen LogP contribution in [0.4, 0.5) is 5.69 Å². The summed E-state index contributed by atoms with van der Waals surface area (Å²) in [6.07, 6.45) is 0. The third-order valence-corrected chi connectivity index (χ3v) is 5.35. The lowest BCUT2D eigenvalue weighted by Crippen LogP contribution is -2.23. The molecule has 0 aliphatic heterocycles. The van der Waals surface area contributed by atoms with Crippen molar-refractivity contribution in [3.63, 3.8) is 0 Å². The molecule has 0 saturated carbocycles. The zero-order valence-electron chi connectivity index (χ0n) is 14.2. The largest absolute Gasteiger partial charge is 0.496 e. The van der Waals surface area contributed by atoms with Crippen molar-refractivity contribution >= 4 is 38.0 Å². The van der Waals surface area contributed by atoms with Crippen LogP contribution in [0.5, 0.6) is 5.75 Å². The lowest BCUT2D eigenvalue weighted by atomic mass is 10.2. The molecule has 27 heavy (non-hydrogen) atoms. The van der Waals surface area contributed by atoms with Crippen molar-refractivity contribution in [2.75, 3.05) is 12.4 Å². The van der Waals surface area contributed by atoms with Crippen LogP contribution < -0.4 is 15.6 Å². The number of pyridine rings is 1. The lowest BCUT2D eigenvalue weighted by Gasteiger charge is -2.09. The molecule has 0 spiro atoms. The smallest absolute Gasteiger partial charge is 0.280 e. The van der Waals surface area contributed by atoms with Gasteiger partial charge in [0.15, 0.2) is 0 Å². The Labute approximate surface area is 157 Å². The molecular formula is C20H13N3O3S. The van der Waals surface area contributed by atoms with Crippen molar-refractivity contribution in [3.05, 3.63) is 76.1 Å². The first-order chi connectivity index (χ1) is 13.1. The molecule has 4 rings (SSSR count). The Morgan fingerprint density at radius 1 is 1.19 bits per heavy atom. The van der Waals surface area contributed by atoms with E-state index in [1.807, 2.05) is 24.3 Å². The maximum Gasteiger partial charge on any atom is 0.280 e. The van der Waals surface area contributed by atoms with Crippen molar-refractivity contribution in [2.24, 2.45) is 0 Å². The van der Waals surface area contributed by atoms with E-state index in [1.54, 1.807) is 24.3 Å². The first-order valence-electron chi connectivity index (χ1n) is 8.06. The van der Waals surface area contributed by atoms with E-state index in [4.69, 9.17) is 4.74 Å². The SMILES string of the molecule is COc1ccccc1C(=O)Nc1cc(C#N)c2sc3ccccc3n2c1=O. The third kappa shape index (κ3) is 2.72. The van der Waals surface area contributed by atoms with E-state index in [9.17, 15) is 14.9 Å². The molecule has 2 heterocycles. The molecule has 1 amide bonds. The fraction of sp³-hybridized carbons (Fsp3) is 0.0500. The topological polar surface area (TPSA) is 83.6 Å². The van der Waals surface area contributed by atoms with E-state index in [2.05, 4.69) is 11.4 Å². The van der Waals surface area contributed by atoms with Crippen molar-refractivity contribution < 1.29 is 9.53 Å². The summed E-state index contributed by atoms with van der Waals surface area (Å²) in [5.41, 5.74) is 0.991. The lowest BCUT2D eigenvalue weighted by molar-refractivity contribution is 0.102. The number of nitriles is 1. The number of nitrogens with one attached hydrogen (secondary N) is 1. The molecule has 0 fully saturated rings. The minimum atomic E-state index is -0.479. The third-order valence-electron chi connectivity index (χ3n) is 4.19. The van der Waals surface area contributed by atoms with Gasteiger partial charge in [-0.3, -0.25) is 14.0 Å². The number of ether oxygens (including phenoxy) is 1. The number of amides is 1. The number of hydrogen-bond donors (Lipinski definition) is 1. The number of aromatic nitrogens is 1. The van der Waals surface area contributed by atoms with Gasteiger partial charge in [-0.1, -0.05) is 24.3 Å². The monoisotopic (exact) mass is 375 g/mol. The van der Waals surface area contributed by atoms with Gasteiger partial charge in [-0.2, -0.15) is 5.26 Å². The minimum absolute atomic E-state index is 0.0449. The van der Waals surface area contributed by atoms with Gasteiger partial charge in [0.25, 0.3) is 11.5 Å². The summed E-state index contributed by atoms with van der Waals surface area (Å²) in [6.45, 7) is 0. The number of benzene rings is 2. The number of anilines is 1. The Balaban J connectivity index is 1.89. The van der Waals surface area contributed by atoms with Crippen molar-refractivity contribution in [3.8, 4) is 11.8 Å². The zero-order chi connectivity index (χ0) is 19.0. The van der Waals surface area contributed by atoms with Crippen molar-refractivity contribution in [2.45, 2.75) is 0 Å². The maximum atomic E-state index is 13.0. The van der Waals surface area contributed by atoms with Crippen LogP contribution in [0.15, 0.2) is 59.4 Å². The second-order valence-corrected chi connectivity index (χ2v) is 6.78. The van der Waals surface area contributed by atoms with Gasteiger partial charge in [0.05, 0.1) is 28.5 Å². The van der Waals surface area contributed by atoms with Crippen molar-refractivity contribution in [1.82, 2.24) is 4.40 Å². The molecule has 7 heteroatoms. The standard InChI is InChI=1S/C20H13N3O3S/c1-26-16-8-4-2-6-13(16)18(24)22-14-10-12(11-21)20-23(19(14)25)15-7-3-5-9-17(15)27-20/h2-10H,1H3,(H,22,24). The average molecular weight is 375 g/mol. The number of carbonyl (C=O) groups is 1. The fourth-order valence-electron chi connectivity index (χ4n) is 2.94. The van der Waals surface area contributed by atoms with Crippen LogP contribution in [-0.4, -0.2) is 17.4 Å². The second-order valence-electron chi connectivity index (χ2n) is 5.75. The molecular weight excluding hydrogens is 362 g/mol. The fourth-order valence-corrected chi connectivity index (χ4v) is 4.05. The summed E-state index contributed by atoms with van der Waals surface area (Å²) in [5.74, 6) is -0.0782. The molecule has 6 nitrogen and oxygen atoms in total. The Morgan fingerprint density at radius 2 is 1.93 bits per heavy atom. The van der Waals surface area contributed by atoms with Crippen LogP contribution in [0.3, 0.4) is 0 Å². The molecule has 0 saturated heterocycles. The Kier molecular flexibility index (Phi) is 4.11. The van der Waals surface area contributed by atoms with Gasteiger partial charge in [0.1, 0.15) is 22.3 Å². The number of fused-ring (bicyclic) bond motifs is 3. The summed E-state index contributed by atoms with van der Waals surface area (Å²) in [7, 11) is 1.47. The van der Waals surface area contributed by atoms with Gasteiger partial charge < -0.3 is 10.1 Å². The number of rotatable bonds is 3. The summed E-state index contributed by atoms with van der Waals surface area (Å²) in [4.78, 5) is 26.2. The first kappa shape index (κ1) is 16.8. The molecule has 0 radical (unpaired) electrons. The van der Waals surface area contributed by atoms with Crippen LogP contribution in [0, 0.1) is 11.3 Å². The van der Waals surface area contributed by atoms with Crippen LogP contribution in [0.25, 0.3) is 15.0 Å². The Hall–Kier alpha value is -3.63. The van der Waals surface area contributed by atoms with Crippen LogP contribution >= 0.6 is 11.3 Å². The van der Waals surface area contributed by atoms with E-state index in [0.29, 0.717) is 27.2 Å². The van der Waals surface area contributed by atoms with E-state index < -0.39 is 5.91 Å². The highest BCUT2D eigenvalue weighted by Crippen LogP contribution is 2.28. The number of nitrogens with zero attached hydrogens (tertiary/aromatic N) is 2. The van der Waals surface area contributed by atoms with E-state index in [-0.39, 0.29) is 11.2 Å².